The van der Waals surface area contributed by atoms with Crippen LogP contribution >= 0.6 is 15.9 Å². The minimum atomic E-state index is 0.285. The summed E-state index contributed by atoms with van der Waals surface area (Å²) >= 11 is 3.63. The Morgan fingerprint density at radius 1 is 0.816 bits per heavy atom. The number of rotatable bonds is 8. The van der Waals surface area contributed by atoms with Crippen LogP contribution in [0.4, 0.5) is 11.6 Å². The maximum absolute atomic E-state index is 4.97. The molecule has 0 saturated carbocycles. The van der Waals surface area contributed by atoms with Crippen molar-refractivity contribution >= 4 is 27.6 Å². The summed E-state index contributed by atoms with van der Waals surface area (Å²) in [6, 6.07) is 36.3. The fourth-order valence-electron chi connectivity index (χ4n) is 5.16. The molecule has 0 aliphatic heterocycles. The molecule has 6 rings (SSSR count). The van der Waals surface area contributed by atoms with Crippen molar-refractivity contribution in [3.05, 3.63) is 142 Å². The van der Waals surface area contributed by atoms with E-state index in [2.05, 4.69) is 129 Å². The maximum atomic E-state index is 4.97. The summed E-state index contributed by atoms with van der Waals surface area (Å²) in [6.07, 6.45) is 3.85. The Morgan fingerprint density at radius 2 is 1.63 bits per heavy atom. The normalized spacial score (nSPS) is 14.0. The van der Waals surface area contributed by atoms with E-state index in [1.807, 2.05) is 12.3 Å². The summed E-state index contributed by atoms with van der Waals surface area (Å²) in [7, 11) is 0. The summed E-state index contributed by atoms with van der Waals surface area (Å²) in [5, 5.41) is 6.93. The molecule has 4 nitrogen and oxygen atoms in total. The second-order valence-corrected chi connectivity index (χ2v) is 10.6. The Morgan fingerprint density at radius 3 is 2.47 bits per heavy atom. The molecule has 1 heterocycles. The Labute approximate surface area is 232 Å². The standard InChI is InChI=1S/C33H29BrN4/c34-27-10-6-9-25(19-27)31-20-26-22-36-33(38-32(26)30-12-5-4-11-29(30)31)37-28-15-13-23(14-16-28)17-18-35-21-24-7-2-1-3-8-24/h1-16,19,22,31,35H,17-18,20-21H2,(H,36,37,38). The van der Waals surface area contributed by atoms with Crippen LogP contribution < -0.4 is 10.6 Å². The van der Waals surface area contributed by atoms with Crippen molar-refractivity contribution in [1.82, 2.24) is 15.3 Å². The van der Waals surface area contributed by atoms with Gasteiger partial charge in [-0.25, -0.2) is 9.97 Å². The van der Waals surface area contributed by atoms with Crippen molar-refractivity contribution in [3.8, 4) is 11.3 Å². The lowest BCUT2D eigenvalue weighted by molar-refractivity contribution is 0.687. The topological polar surface area (TPSA) is 49.8 Å². The van der Waals surface area contributed by atoms with Crippen molar-refractivity contribution in [1.29, 1.82) is 0 Å². The third-order valence-corrected chi connectivity index (χ3v) is 7.60. The molecule has 4 aromatic carbocycles. The van der Waals surface area contributed by atoms with Crippen LogP contribution in [0.25, 0.3) is 11.3 Å². The van der Waals surface area contributed by atoms with Crippen molar-refractivity contribution in [2.24, 2.45) is 0 Å². The first-order valence-electron chi connectivity index (χ1n) is 13.0. The molecule has 0 radical (unpaired) electrons. The number of hydrogen-bond donors (Lipinski definition) is 2. The molecule has 2 N–H and O–H groups in total. The van der Waals surface area contributed by atoms with Crippen LogP contribution in [0.2, 0.25) is 0 Å². The van der Waals surface area contributed by atoms with Crippen molar-refractivity contribution in [2.75, 3.05) is 11.9 Å². The first-order chi connectivity index (χ1) is 18.7. The lowest BCUT2D eigenvalue weighted by Crippen LogP contribution is -2.16. The third kappa shape index (κ3) is 5.54. The van der Waals surface area contributed by atoms with Crippen LogP contribution in [0.1, 0.15) is 33.7 Å². The van der Waals surface area contributed by atoms with E-state index in [1.165, 1.54) is 33.4 Å². The Kier molecular flexibility index (Phi) is 7.29. The van der Waals surface area contributed by atoms with E-state index in [9.17, 15) is 0 Å². The zero-order chi connectivity index (χ0) is 25.7. The first-order valence-corrected chi connectivity index (χ1v) is 13.8. The highest BCUT2D eigenvalue weighted by Crippen LogP contribution is 2.42. The van der Waals surface area contributed by atoms with Crippen LogP contribution in [-0.2, 0) is 19.4 Å². The van der Waals surface area contributed by atoms with Gasteiger partial charge in [-0.2, -0.15) is 0 Å². The molecule has 0 amide bonds. The fraction of sp³-hybridized carbons (Fsp3) is 0.152. The van der Waals surface area contributed by atoms with Crippen LogP contribution in [0.3, 0.4) is 0 Å². The molecule has 1 aliphatic carbocycles. The molecule has 5 aromatic rings. The summed E-state index contributed by atoms with van der Waals surface area (Å²) in [5.74, 6) is 0.907. The van der Waals surface area contributed by atoms with E-state index in [-0.39, 0.29) is 5.92 Å². The molecule has 1 aromatic heterocycles. The number of anilines is 2. The zero-order valence-corrected chi connectivity index (χ0v) is 22.7. The number of fused-ring (bicyclic) bond motifs is 3. The van der Waals surface area contributed by atoms with Crippen molar-refractivity contribution in [3.63, 3.8) is 0 Å². The Bertz CT molecular complexity index is 1530. The number of nitrogens with one attached hydrogen (secondary N) is 2. The van der Waals surface area contributed by atoms with Gasteiger partial charge in [-0.15, -0.1) is 0 Å². The van der Waals surface area contributed by atoms with Gasteiger partial charge in [0.2, 0.25) is 5.95 Å². The predicted molar refractivity (Wildman–Crippen MR) is 159 cm³/mol. The molecule has 188 valence electrons. The van der Waals surface area contributed by atoms with Gasteiger partial charge < -0.3 is 10.6 Å². The maximum Gasteiger partial charge on any atom is 0.227 e. The number of benzene rings is 4. The molecule has 38 heavy (non-hydrogen) atoms. The number of aromatic nitrogens is 2. The minimum absolute atomic E-state index is 0.285. The number of halogens is 1. The fourth-order valence-corrected chi connectivity index (χ4v) is 5.58. The first kappa shape index (κ1) is 24.5. The van der Waals surface area contributed by atoms with Gasteiger partial charge in [0.1, 0.15) is 0 Å². The second kappa shape index (κ2) is 11.3. The highest BCUT2D eigenvalue weighted by molar-refractivity contribution is 9.10. The molecule has 1 unspecified atom stereocenters. The summed E-state index contributed by atoms with van der Waals surface area (Å²) in [5.41, 5.74) is 9.59. The number of nitrogens with zero attached hydrogens (tertiary/aromatic N) is 2. The minimum Gasteiger partial charge on any atom is -0.324 e. The highest BCUT2D eigenvalue weighted by Gasteiger charge is 2.27. The molecule has 1 aliphatic rings. The van der Waals surface area contributed by atoms with Gasteiger partial charge in [-0.05, 0) is 71.5 Å². The second-order valence-electron chi connectivity index (χ2n) is 9.70. The van der Waals surface area contributed by atoms with Crippen LogP contribution in [0, 0.1) is 0 Å². The summed E-state index contributed by atoms with van der Waals surface area (Å²) in [6.45, 7) is 1.83. The van der Waals surface area contributed by atoms with E-state index >= 15 is 0 Å². The largest absolute Gasteiger partial charge is 0.324 e. The average Bonchev–Trinajstić information content (AvgIpc) is 2.96. The van der Waals surface area contributed by atoms with Crippen LogP contribution in [0.5, 0.6) is 0 Å². The molecule has 0 bridgehead atoms. The zero-order valence-electron chi connectivity index (χ0n) is 21.1. The molecule has 5 heteroatoms. The Hall–Kier alpha value is -3.80. The molecule has 0 fully saturated rings. The van der Waals surface area contributed by atoms with Gasteiger partial charge in [-0.1, -0.05) is 94.8 Å². The average molecular weight is 562 g/mol. The smallest absolute Gasteiger partial charge is 0.227 e. The molecule has 0 spiro atoms. The van der Waals surface area contributed by atoms with E-state index in [4.69, 9.17) is 4.98 Å². The van der Waals surface area contributed by atoms with Gasteiger partial charge in [-0.3, -0.25) is 0 Å². The lowest BCUT2D eigenvalue weighted by Gasteiger charge is -2.27. The van der Waals surface area contributed by atoms with Crippen molar-refractivity contribution in [2.45, 2.75) is 25.3 Å². The monoisotopic (exact) mass is 560 g/mol. The van der Waals surface area contributed by atoms with E-state index in [0.717, 1.165) is 41.8 Å². The van der Waals surface area contributed by atoms with Gasteiger partial charge in [0, 0.05) is 34.4 Å². The van der Waals surface area contributed by atoms with E-state index in [0.29, 0.717) is 5.95 Å². The Balaban J connectivity index is 1.14. The predicted octanol–water partition coefficient (Wildman–Crippen LogP) is 7.67. The SMILES string of the molecule is Brc1cccc(C2Cc3cnc(Nc4ccc(CCNCc5ccccc5)cc4)nc3-c3ccccc32)c1. The van der Waals surface area contributed by atoms with Crippen molar-refractivity contribution < 1.29 is 0 Å². The van der Waals surface area contributed by atoms with Gasteiger partial charge >= 0.3 is 0 Å². The van der Waals surface area contributed by atoms with E-state index in [1.54, 1.807) is 0 Å². The van der Waals surface area contributed by atoms with Gasteiger partial charge in [0.05, 0.1) is 5.69 Å². The number of hydrogen-bond acceptors (Lipinski definition) is 4. The summed E-state index contributed by atoms with van der Waals surface area (Å²) in [4.78, 5) is 9.64. The van der Waals surface area contributed by atoms with Gasteiger partial charge in [0.15, 0.2) is 0 Å². The summed E-state index contributed by atoms with van der Waals surface area (Å²) < 4.78 is 1.10. The molecular formula is C33H29BrN4. The quantitative estimate of drug-likeness (QED) is 0.191. The third-order valence-electron chi connectivity index (χ3n) is 7.10. The highest BCUT2D eigenvalue weighted by atomic mass is 79.9. The van der Waals surface area contributed by atoms with Crippen LogP contribution in [0.15, 0.2) is 114 Å². The molecule has 0 saturated heterocycles. The van der Waals surface area contributed by atoms with Gasteiger partial charge in [0.25, 0.3) is 0 Å². The molecular weight excluding hydrogens is 532 g/mol. The van der Waals surface area contributed by atoms with E-state index < -0.39 is 0 Å². The molecule has 1 atom stereocenters. The van der Waals surface area contributed by atoms with Crippen LogP contribution in [-0.4, -0.2) is 16.5 Å². The lowest BCUT2D eigenvalue weighted by atomic mass is 9.78.